The maximum Gasteiger partial charge on any atom is 0.167 e. The molecule has 0 aliphatic heterocycles. The van der Waals surface area contributed by atoms with Gasteiger partial charge in [-0.2, -0.15) is 0 Å². The first kappa shape index (κ1) is 34.8. The van der Waals surface area contributed by atoms with Crippen LogP contribution in [0.4, 0.5) is 0 Å². The molecule has 2 heterocycles. The molecule has 0 amide bonds. The number of fused-ring (bicyclic) bond motifs is 6. The number of rotatable bonds is 6. The monoisotopic (exact) mass is 777 g/mol. The van der Waals surface area contributed by atoms with E-state index in [9.17, 15) is 0 Å². The summed E-state index contributed by atoms with van der Waals surface area (Å²) in [7, 11) is 0. The predicted molar refractivity (Wildman–Crippen MR) is 252 cm³/mol. The van der Waals surface area contributed by atoms with Gasteiger partial charge in [0.1, 0.15) is 11.2 Å². The molecule has 0 unspecified atom stereocenters. The quantitative estimate of drug-likeness (QED) is 0.169. The second-order valence-electron chi connectivity index (χ2n) is 15.4. The smallest absolute Gasteiger partial charge is 0.167 e. The molecule has 12 rings (SSSR count). The van der Waals surface area contributed by atoms with E-state index < -0.39 is 0 Å². The van der Waals surface area contributed by atoms with Gasteiger partial charge in [0.05, 0.1) is 5.56 Å². The zero-order chi connectivity index (χ0) is 40.3. The summed E-state index contributed by atoms with van der Waals surface area (Å²) in [6.07, 6.45) is 0. The molecule has 0 aliphatic rings. The average Bonchev–Trinajstić information content (AvgIpc) is 3.72. The zero-order valence-corrected chi connectivity index (χ0v) is 33.0. The third-order valence-electron chi connectivity index (χ3n) is 12.0. The average molecular weight is 778 g/mol. The van der Waals surface area contributed by atoms with Crippen molar-refractivity contribution in [2.75, 3.05) is 0 Å². The molecule has 0 spiro atoms. The fourth-order valence-electron chi connectivity index (χ4n) is 9.16. The van der Waals surface area contributed by atoms with Crippen molar-refractivity contribution in [3.05, 3.63) is 212 Å². The lowest BCUT2D eigenvalue weighted by Gasteiger charge is -2.19. The number of hydrogen-bond donors (Lipinski definition) is 0. The summed E-state index contributed by atoms with van der Waals surface area (Å²) in [5.74, 6) is 1.76. The van der Waals surface area contributed by atoms with Gasteiger partial charge >= 0.3 is 0 Å². The molecule has 0 N–H and O–H groups in total. The fraction of sp³-hybridized carbons (Fsp3) is 0. The highest BCUT2D eigenvalue weighted by atomic mass is 16.3. The molecule has 0 saturated carbocycles. The first-order valence-corrected chi connectivity index (χ1v) is 20.6. The van der Waals surface area contributed by atoms with Crippen LogP contribution in [0.5, 0.6) is 0 Å². The number of para-hydroxylation sites is 2. The summed E-state index contributed by atoms with van der Waals surface area (Å²) in [5, 5.41) is 9.09. The molecule has 0 aliphatic carbocycles. The lowest BCUT2D eigenvalue weighted by Crippen LogP contribution is -2.01. The molecule has 4 heteroatoms. The van der Waals surface area contributed by atoms with Crippen molar-refractivity contribution in [2.24, 2.45) is 0 Å². The van der Waals surface area contributed by atoms with E-state index in [0.717, 1.165) is 55.0 Å². The summed E-state index contributed by atoms with van der Waals surface area (Å²) in [6.45, 7) is 0. The van der Waals surface area contributed by atoms with Crippen LogP contribution in [0, 0.1) is 0 Å². The van der Waals surface area contributed by atoms with Crippen LogP contribution >= 0.6 is 0 Å². The molecule has 0 atom stereocenters. The van der Waals surface area contributed by atoms with Crippen LogP contribution in [0.3, 0.4) is 0 Å². The Morgan fingerprint density at radius 3 is 1.51 bits per heavy atom. The van der Waals surface area contributed by atoms with Crippen LogP contribution in [0.25, 0.3) is 122 Å². The van der Waals surface area contributed by atoms with Gasteiger partial charge in [-0.05, 0) is 83.9 Å². The van der Waals surface area contributed by atoms with Gasteiger partial charge in [-0.1, -0.05) is 194 Å². The van der Waals surface area contributed by atoms with E-state index in [0.29, 0.717) is 17.5 Å². The first-order valence-electron chi connectivity index (χ1n) is 20.6. The molecule has 284 valence electrons. The minimum atomic E-state index is 0.559. The van der Waals surface area contributed by atoms with E-state index in [1.165, 1.54) is 49.4 Å². The van der Waals surface area contributed by atoms with Crippen LogP contribution < -0.4 is 0 Å². The third-order valence-corrected chi connectivity index (χ3v) is 12.0. The zero-order valence-electron chi connectivity index (χ0n) is 33.0. The van der Waals surface area contributed by atoms with Crippen LogP contribution in [-0.2, 0) is 0 Å². The molecule has 12 aromatic rings. The largest absolute Gasteiger partial charge is 0.455 e. The highest BCUT2D eigenvalue weighted by Crippen LogP contribution is 2.46. The molecule has 2 aromatic heterocycles. The Hall–Kier alpha value is -8.21. The van der Waals surface area contributed by atoms with Crippen molar-refractivity contribution >= 4 is 54.3 Å². The Morgan fingerprint density at radius 2 is 0.754 bits per heavy atom. The van der Waals surface area contributed by atoms with Gasteiger partial charge in [0.15, 0.2) is 17.5 Å². The van der Waals surface area contributed by atoms with Crippen LogP contribution in [0.2, 0.25) is 0 Å². The van der Waals surface area contributed by atoms with E-state index in [4.69, 9.17) is 19.4 Å². The maximum atomic E-state index is 6.50. The molecular weight excluding hydrogens is 743 g/mol. The summed E-state index contributed by atoms with van der Waals surface area (Å²) < 4.78 is 6.50. The molecule has 61 heavy (non-hydrogen) atoms. The van der Waals surface area contributed by atoms with Gasteiger partial charge in [-0.3, -0.25) is 0 Å². The number of hydrogen-bond acceptors (Lipinski definition) is 4. The molecule has 0 radical (unpaired) electrons. The number of furan rings is 1. The lowest BCUT2D eigenvalue weighted by atomic mass is 9.84. The van der Waals surface area contributed by atoms with Crippen molar-refractivity contribution in [3.8, 4) is 67.5 Å². The van der Waals surface area contributed by atoms with Crippen molar-refractivity contribution in [2.45, 2.75) is 0 Å². The third kappa shape index (κ3) is 5.80. The number of benzene rings is 10. The minimum Gasteiger partial charge on any atom is -0.455 e. The van der Waals surface area contributed by atoms with Gasteiger partial charge in [0.2, 0.25) is 0 Å². The Morgan fingerprint density at radius 1 is 0.262 bits per heavy atom. The standard InChI is InChI=1S/C57H35N3O/c1-3-16-36(17-4-1)39-32-33-45(42-23-10-9-22-41(39)42)47-31-30-37-18-7-8-21-40(37)53(47)48-34-35-50(44-25-12-11-24-43(44)48)56-58-55(38-19-5-2-6-20-38)59-57(60-56)51-28-15-27-49-46-26-13-14-29-52(46)61-54(49)51/h1-35H. The van der Waals surface area contributed by atoms with E-state index in [1.807, 2.05) is 54.6 Å². The van der Waals surface area contributed by atoms with E-state index in [-0.39, 0.29) is 0 Å². The molecule has 0 saturated heterocycles. The fourth-order valence-corrected chi connectivity index (χ4v) is 9.16. The minimum absolute atomic E-state index is 0.559. The van der Waals surface area contributed by atoms with Crippen LogP contribution in [0.15, 0.2) is 217 Å². The van der Waals surface area contributed by atoms with E-state index in [1.54, 1.807) is 0 Å². The van der Waals surface area contributed by atoms with Gasteiger partial charge in [-0.15, -0.1) is 0 Å². The Labute approximate surface area is 352 Å². The molecule has 10 aromatic carbocycles. The predicted octanol–water partition coefficient (Wildman–Crippen LogP) is 15.2. The summed E-state index contributed by atoms with van der Waals surface area (Å²) in [5.41, 5.74) is 11.4. The van der Waals surface area contributed by atoms with Crippen molar-refractivity contribution in [3.63, 3.8) is 0 Å². The van der Waals surface area contributed by atoms with Crippen LogP contribution in [-0.4, -0.2) is 15.0 Å². The summed E-state index contributed by atoms with van der Waals surface area (Å²) in [6, 6.07) is 74.8. The summed E-state index contributed by atoms with van der Waals surface area (Å²) >= 11 is 0. The van der Waals surface area contributed by atoms with Crippen LogP contribution in [0.1, 0.15) is 0 Å². The molecule has 4 nitrogen and oxygen atoms in total. The number of nitrogens with zero attached hydrogens (tertiary/aromatic N) is 3. The van der Waals surface area contributed by atoms with Gasteiger partial charge in [0.25, 0.3) is 0 Å². The maximum absolute atomic E-state index is 6.50. The Balaban J connectivity index is 1.09. The number of aromatic nitrogens is 3. The second kappa shape index (κ2) is 14.3. The SMILES string of the molecule is c1ccc(-c2nc(-c3ccc(-c4c(-c5ccc(-c6ccccc6)c6ccccc56)ccc5ccccc45)c4ccccc34)nc(-c3cccc4c3oc3ccccc34)n2)cc1. The van der Waals surface area contributed by atoms with Gasteiger partial charge in [-0.25, -0.2) is 15.0 Å². The molecule has 0 bridgehead atoms. The second-order valence-corrected chi connectivity index (χ2v) is 15.4. The molecular formula is C57H35N3O. The normalized spacial score (nSPS) is 11.6. The van der Waals surface area contributed by atoms with Crippen molar-refractivity contribution in [1.29, 1.82) is 0 Å². The lowest BCUT2D eigenvalue weighted by molar-refractivity contribution is 0.669. The van der Waals surface area contributed by atoms with Crippen molar-refractivity contribution < 1.29 is 4.42 Å². The Bertz CT molecular complexity index is 3650. The van der Waals surface area contributed by atoms with Gasteiger partial charge < -0.3 is 4.42 Å². The highest BCUT2D eigenvalue weighted by molar-refractivity contribution is 6.16. The topological polar surface area (TPSA) is 51.8 Å². The van der Waals surface area contributed by atoms with Crippen molar-refractivity contribution in [1.82, 2.24) is 15.0 Å². The molecule has 0 fully saturated rings. The van der Waals surface area contributed by atoms with E-state index in [2.05, 4.69) is 158 Å². The summed E-state index contributed by atoms with van der Waals surface area (Å²) in [4.78, 5) is 15.6. The highest BCUT2D eigenvalue weighted by Gasteiger charge is 2.22. The Kier molecular flexibility index (Phi) is 8.13. The first-order chi connectivity index (χ1) is 30.3. The van der Waals surface area contributed by atoms with E-state index >= 15 is 0 Å². The van der Waals surface area contributed by atoms with Gasteiger partial charge in [0, 0.05) is 21.9 Å².